The Morgan fingerprint density at radius 1 is 1.17 bits per heavy atom. The maximum Gasteiger partial charge on any atom is 0.251 e. The number of carbonyl (C=O) groups is 1. The molecule has 0 heterocycles. The molecule has 4 nitrogen and oxygen atoms in total. The van der Waals surface area contributed by atoms with Crippen LogP contribution in [0.25, 0.3) is 0 Å². The van der Waals surface area contributed by atoms with Gasteiger partial charge in [0.1, 0.15) is 0 Å². The third-order valence-electron chi connectivity index (χ3n) is 3.92. The Hall–Kier alpha value is -0.610. The van der Waals surface area contributed by atoms with Gasteiger partial charge in [0.2, 0.25) is 0 Å². The zero-order valence-electron chi connectivity index (χ0n) is 11.1. The first-order valence-corrected chi connectivity index (χ1v) is 7.29. The van der Waals surface area contributed by atoms with Gasteiger partial charge in [0.15, 0.2) is 6.10 Å². The number of carbonyl (C=O) groups excluding carboxylic acids is 1. The van der Waals surface area contributed by atoms with Crippen molar-refractivity contribution in [2.75, 3.05) is 19.8 Å². The highest BCUT2D eigenvalue weighted by Gasteiger charge is 2.23. The molecule has 2 fully saturated rings. The molecular formula is C14H25NO3. The molecule has 2 rings (SSSR count). The van der Waals surface area contributed by atoms with Crippen LogP contribution in [0.15, 0.2) is 0 Å². The van der Waals surface area contributed by atoms with Crippen LogP contribution in [-0.4, -0.2) is 36.9 Å². The van der Waals surface area contributed by atoms with E-state index in [2.05, 4.69) is 5.32 Å². The van der Waals surface area contributed by atoms with Crippen molar-refractivity contribution in [2.24, 2.45) is 11.8 Å². The zero-order chi connectivity index (χ0) is 12.8. The monoisotopic (exact) mass is 255 g/mol. The average molecular weight is 255 g/mol. The van der Waals surface area contributed by atoms with Gasteiger partial charge in [-0.1, -0.05) is 19.3 Å². The third-order valence-corrected chi connectivity index (χ3v) is 3.92. The van der Waals surface area contributed by atoms with E-state index in [0.717, 1.165) is 0 Å². The summed E-state index contributed by atoms with van der Waals surface area (Å²) in [5, 5.41) is 12.4. The SMILES string of the molecule is O=C(NCC1CC1)C(O)COCC1CCCCC1. The van der Waals surface area contributed by atoms with E-state index in [0.29, 0.717) is 25.0 Å². The molecule has 2 aliphatic rings. The molecule has 1 amide bonds. The van der Waals surface area contributed by atoms with Crippen molar-refractivity contribution in [1.29, 1.82) is 0 Å². The smallest absolute Gasteiger partial charge is 0.251 e. The molecule has 4 heteroatoms. The van der Waals surface area contributed by atoms with Crippen molar-refractivity contribution >= 4 is 5.91 Å². The second-order valence-electron chi connectivity index (χ2n) is 5.75. The summed E-state index contributed by atoms with van der Waals surface area (Å²) in [5.41, 5.74) is 0. The van der Waals surface area contributed by atoms with Gasteiger partial charge in [0.05, 0.1) is 6.61 Å². The fourth-order valence-electron chi connectivity index (χ4n) is 2.46. The summed E-state index contributed by atoms with van der Waals surface area (Å²) in [7, 11) is 0. The molecule has 1 unspecified atom stereocenters. The Kier molecular flexibility index (Phi) is 5.45. The summed E-state index contributed by atoms with van der Waals surface area (Å²) in [6.07, 6.45) is 7.77. The number of hydrogen-bond acceptors (Lipinski definition) is 3. The quantitative estimate of drug-likeness (QED) is 0.724. The second-order valence-corrected chi connectivity index (χ2v) is 5.75. The van der Waals surface area contributed by atoms with Crippen molar-refractivity contribution in [3.63, 3.8) is 0 Å². The molecule has 0 spiro atoms. The average Bonchev–Trinajstić information content (AvgIpc) is 3.21. The number of rotatable bonds is 7. The second kappa shape index (κ2) is 7.10. The molecule has 18 heavy (non-hydrogen) atoms. The first kappa shape index (κ1) is 13.8. The van der Waals surface area contributed by atoms with Crippen molar-refractivity contribution in [1.82, 2.24) is 5.32 Å². The number of nitrogens with one attached hydrogen (secondary N) is 1. The Bertz CT molecular complexity index is 260. The Balaban J connectivity index is 1.52. The highest BCUT2D eigenvalue weighted by Crippen LogP contribution is 2.27. The maximum absolute atomic E-state index is 11.5. The van der Waals surface area contributed by atoms with Gasteiger partial charge in [-0.25, -0.2) is 0 Å². The molecule has 0 aliphatic heterocycles. The van der Waals surface area contributed by atoms with Gasteiger partial charge in [0, 0.05) is 13.2 Å². The minimum atomic E-state index is -1.01. The Morgan fingerprint density at radius 3 is 2.56 bits per heavy atom. The number of amides is 1. The number of aliphatic hydroxyl groups excluding tert-OH is 1. The molecule has 1 atom stereocenters. The van der Waals surface area contributed by atoms with E-state index in [-0.39, 0.29) is 12.5 Å². The summed E-state index contributed by atoms with van der Waals surface area (Å²) in [6.45, 7) is 1.53. The van der Waals surface area contributed by atoms with Crippen LogP contribution >= 0.6 is 0 Å². The molecule has 104 valence electrons. The largest absolute Gasteiger partial charge is 0.381 e. The molecular weight excluding hydrogens is 230 g/mol. The van der Waals surface area contributed by atoms with Crippen molar-refractivity contribution < 1.29 is 14.6 Å². The lowest BCUT2D eigenvalue weighted by Gasteiger charge is -2.21. The molecule has 2 aliphatic carbocycles. The van der Waals surface area contributed by atoms with E-state index >= 15 is 0 Å². The fourth-order valence-corrected chi connectivity index (χ4v) is 2.46. The molecule has 0 bridgehead atoms. The minimum absolute atomic E-state index is 0.132. The topological polar surface area (TPSA) is 58.6 Å². The van der Waals surface area contributed by atoms with Gasteiger partial charge in [-0.15, -0.1) is 0 Å². The zero-order valence-corrected chi connectivity index (χ0v) is 11.1. The van der Waals surface area contributed by atoms with Gasteiger partial charge in [-0.05, 0) is 37.5 Å². The van der Waals surface area contributed by atoms with Crippen LogP contribution in [0.4, 0.5) is 0 Å². The number of hydrogen-bond donors (Lipinski definition) is 2. The Labute approximate surface area is 109 Å². The normalized spacial score (nSPS) is 22.7. The van der Waals surface area contributed by atoms with Gasteiger partial charge in [-0.2, -0.15) is 0 Å². The van der Waals surface area contributed by atoms with Crippen LogP contribution in [0.1, 0.15) is 44.9 Å². The predicted molar refractivity (Wildman–Crippen MR) is 69.1 cm³/mol. The summed E-state index contributed by atoms with van der Waals surface area (Å²) in [6, 6.07) is 0. The van der Waals surface area contributed by atoms with Crippen molar-refractivity contribution in [3.8, 4) is 0 Å². The van der Waals surface area contributed by atoms with E-state index in [9.17, 15) is 9.90 Å². The third kappa shape index (κ3) is 4.94. The predicted octanol–water partition coefficient (Wildman–Crippen LogP) is 1.47. The van der Waals surface area contributed by atoms with E-state index in [1.54, 1.807) is 0 Å². The van der Waals surface area contributed by atoms with Crippen molar-refractivity contribution in [2.45, 2.75) is 51.0 Å². The molecule has 0 aromatic carbocycles. The Morgan fingerprint density at radius 2 is 1.89 bits per heavy atom. The number of ether oxygens (including phenoxy) is 1. The number of aliphatic hydroxyl groups is 1. The lowest BCUT2D eigenvalue weighted by Crippen LogP contribution is -2.38. The van der Waals surface area contributed by atoms with Gasteiger partial charge < -0.3 is 15.2 Å². The van der Waals surface area contributed by atoms with Crippen LogP contribution in [0.3, 0.4) is 0 Å². The van der Waals surface area contributed by atoms with Crippen LogP contribution < -0.4 is 5.32 Å². The fraction of sp³-hybridized carbons (Fsp3) is 0.929. The lowest BCUT2D eigenvalue weighted by atomic mass is 9.90. The highest BCUT2D eigenvalue weighted by molar-refractivity contribution is 5.80. The molecule has 0 aromatic rings. The summed E-state index contributed by atoms with van der Waals surface area (Å²) in [5.74, 6) is 0.982. The first-order chi connectivity index (χ1) is 8.75. The minimum Gasteiger partial charge on any atom is -0.381 e. The molecule has 0 aromatic heterocycles. The van der Waals surface area contributed by atoms with E-state index in [1.165, 1.54) is 44.9 Å². The molecule has 0 saturated heterocycles. The van der Waals surface area contributed by atoms with Crippen LogP contribution in [0, 0.1) is 11.8 Å². The maximum atomic E-state index is 11.5. The molecule has 0 radical (unpaired) electrons. The van der Waals surface area contributed by atoms with Crippen LogP contribution in [0.2, 0.25) is 0 Å². The molecule has 2 saturated carbocycles. The standard InChI is InChI=1S/C14H25NO3/c16-13(14(17)15-8-11-6-7-11)10-18-9-12-4-2-1-3-5-12/h11-13,16H,1-10H2,(H,15,17). The summed E-state index contributed by atoms with van der Waals surface area (Å²) < 4.78 is 5.47. The highest BCUT2D eigenvalue weighted by atomic mass is 16.5. The van der Waals surface area contributed by atoms with Gasteiger partial charge in [-0.3, -0.25) is 4.79 Å². The van der Waals surface area contributed by atoms with Gasteiger partial charge >= 0.3 is 0 Å². The van der Waals surface area contributed by atoms with Crippen LogP contribution in [0.5, 0.6) is 0 Å². The van der Waals surface area contributed by atoms with Crippen molar-refractivity contribution in [3.05, 3.63) is 0 Å². The van der Waals surface area contributed by atoms with E-state index in [4.69, 9.17) is 4.74 Å². The lowest BCUT2D eigenvalue weighted by molar-refractivity contribution is -0.132. The van der Waals surface area contributed by atoms with E-state index in [1.807, 2.05) is 0 Å². The van der Waals surface area contributed by atoms with E-state index < -0.39 is 6.10 Å². The summed E-state index contributed by atoms with van der Waals surface area (Å²) >= 11 is 0. The molecule has 2 N–H and O–H groups in total. The van der Waals surface area contributed by atoms with Gasteiger partial charge in [0.25, 0.3) is 5.91 Å². The first-order valence-electron chi connectivity index (χ1n) is 7.29. The summed E-state index contributed by atoms with van der Waals surface area (Å²) in [4.78, 5) is 11.5. The van der Waals surface area contributed by atoms with Crippen LogP contribution in [-0.2, 0) is 9.53 Å².